The van der Waals surface area contributed by atoms with Crippen LogP contribution in [0.15, 0.2) is 36.7 Å². The maximum Gasteiger partial charge on any atom is 0.361 e. The Balaban J connectivity index is 1.99. The molecule has 1 unspecified atom stereocenters. The second-order valence-electron chi connectivity index (χ2n) is 4.70. The number of benzene rings is 1. The molecule has 7 nitrogen and oxygen atoms in total. The maximum atomic E-state index is 12.0. The van der Waals surface area contributed by atoms with Crippen LogP contribution in [0.1, 0.15) is 23.0 Å². The van der Waals surface area contributed by atoms with Gasteiger partial charge in [-0.1, -0.05) is 12.1 Å². The van der Waals surface area contributed by atoms with Gasteiger partial charge in [0.2, 0.25) is 0 Å². The molecule has 3 N–H and O–H groups in total. The summed E-state index contributed by atoms with van der Waals surface area (Å²) < 4.78 is 5.05. The van der Waals surface area contributed by atoms with E-state index in [2.05, 4.69) is 15.3 Å². The minimum atomic E-state index is -0.991. The summed E-state index contributed by atoms with van der Waals surface area (Å²) in [6, 6.07) is 7.30. The highest BCUT2D eigenvalue weighted by molar-refractivity contribution is 5.98. The van der Waals surface area contributed by atoms with E-state index in [4.69, 9.17) is 10.5 Å². The molecule has 0 bridgehead atoms. The van der Waals surface area contributed by atoms with Crippen molar-refractivity contribution in [3.05, 3.63) is 47.9 Å². The number of aryl methyl sites for hydroxylation is 1. The largest absolute Gasteiger partial charge is 0.448 e. The fourth-order valence-electron chi connectivity index (χ4n) is 1.74. The van der Waals surface area contributed by atoms with E-state index in [1.165, 1.54) is 19.3 Å². The van der Waals surface area contributed by atoms with Gasteiger partial charge in [0, 0.05) is 18.1 Å². The van der Waals surface area contributed by atoms with Crippen LogP contribution >= 0.6 is 0 Å². The Morgan fingerprint density at radius 3 is 2.68 bits per heavy atom. The lowest BCUT2D eigenvalue weighted by molar-refractivity contribution is -0.123. The van der Waals surface area contributed by atoms with Crippen molar-refractivity contribution in [1.82, 2.24) is 9.97 Å². The number of nitrogens with one attached hydrogen (secondary N) is 1. The van der Waals surface area contributed by atoms with E-state index in [1.54, 1.807) is 6.07 Å². The summed E-state index contributed by atoms with van der Waals surface area (Å²) in [6.07, 6.45) is 1.69. The van der Waals surface area contributed by atoms with Gasteiger partial charge in [0.1, 0.15) is 0 Å². The standard InChI is InChI=1S/C15H16N4O3/c1-9-4-3-5-11(8-9)19-14(20)10(2)22-15(21)12-13(16)18-7-6-17-12/h3-8,10H,1-2H3,(H2,16,18)(H,19,20). The van der Waals surface area contributed by atoms with Crippen molar-refractivity contribution >= 4 is 23.4 Å². The Morgan fingerprint density at radius 2 is 2.00 bits per heavy atom. The molecule has 0 aliphatic rings. The zero-order valence-corrected chi connectivity index (χ0v) is 12.2. The highest BCUT2D eigenvalue weighted by Crippen LogP contribution is 2.12. The number of carbonyl (C=O) groups excluding carboxylic acids is 2. The molecule has 1 aromatic heterocycles. The lowest BCUT2D eigenvalue weighted by atomic mass is 10.2. The van der Waals surface area contributed by atoms with E-state index in [-0.39, 0.29) is 11.5 Å². The third kappa shape index (κ3) is 3.78. The number of anilines is 2. The zero-order valence-electron chi connectivity index (χ0n) is 12.2. The molecule has 0 saturated carbocycles. The molecule has 1 amide bonds. The molecule has 1 heterocycles. The first-order valence-electron chi connectivity index (χ1n) is 6.62. The van der Waals surface area contributed by atoms with E-state index >= 15 is 0 Å². The Morgan fingerprint density at radius 1 is 1.27 bits per heavy atom. The second kappa shape index (κ2) is 6.66. The van der Waals surface area contributed by atoms with Crippen LogP contribution in [0, 0.1) is 6.92 Å². The maximum absolute atomic E-state index is 12.0. The minimum Gasteiger partial charge on any atom is -0.448 e. The summed E-state index contributed by atoms with van der Waals surface area (Å²) in [7, 11) is 0. The number of ether oxygens (including phenoxy) is 1. The van der Waals surface area contributed by atoms with Crippen LogP contribution < -0.4 is 11.1 Å². The van der Waals surface area contributed by atoms with E-state index in [0.717, 1.165) is 5.56 Å². The fourth-order valence-corrected chi connectivity index (χ4v) is 1.74. The molecule has 7 heteroatoms. The van der Waals surface area contributed by atoms with E-state index in [9.17, 15) is 9.59 Å². The van der Waals surface area contributed by atoms with Crippen molar-refractivity contribution in [2.24, 2.45) is 0 Å². The van der Waals surface area contributed by atoms with Crippen LogP contribution in [0.25, 0.3) is 0 Å². The van der Waals surface area contributed by atoms with Crippen LogP contribution in [-0.2, 0) is 9.53 Å². The number of carbonyl (C=O) groups is 2. The van der Waals surface area contributed by atoms with E-state index < -0.39 is 18.0 Å². The number of hydrogen-bond donors (Lipinski definition) is 2. The average molecular weight is 300 g/mol. The Bertz CT molecular complexity index is 703. The lowest BCUT2D eigenvalue weighted by Crippen LogP contribution is -2.30. The number of nitrogen functional groups attached to an aromatic ring is 1. The van der Waals surface area contributed by atoms with Crippen LogP contribution in [0.3, 0.4) is 0 Å². The van der Waals surface area contributed by atoms with Crippen LogP contribution in [-0.4, -0.2) is 27.9 Å². The molecule has 0 aliphatic carbocycles. The number of rotatable bonds is 4. The molecular formula is C15H16N4O3. The van der Waals surface area contributed by atoms with Crippen molar-refractivity contribution in [3.63, 3.8) is 0 Å². The van der Waals surface area contributed by atoms with Gasteiger partial charge in [0.25, 0.3) is 5.91 Å². The molecule has 22 heavy (non-hydrogen) atoms. The lowest BCUT2D eigenvalue weighted by Gasteiger charge is -2.13. The zero-order chi connectivity index (χ0) is 16.1. The van der Waals surface area contributed by atoms with Crippen molar-refractivity contribution in [2.75, 3.05) is 11.1 Å². The molecular weight excluding hydrogens is 284 g/mol. The molecule has 0 spiro atoms. The first kappa shape index (κ1) is 15.4. The molecule has 2 rings (SSSR count). The van der Waals surface area contributed by atoms with Gasteiger partial charge in [0.15, 0.2) is 17.6 Å². The number of nitrogens with two attached hydrogens (primary N) is 1. The van der Waals surface area contributed by atoms with Crippen molar-refractivity contribution in [3.8, 4) is 0 Å². The summed E-state index contributed by atoms with van der Waals surface area (Å²) in [5.41, 5.74) is 7.07. The predicted octanol–water partition coefficient (Wildman–Crippen LogP) is 1.55. The quantitative estimate of drug-likeness (QED) is 0.830. The van der Waals surface area contributed by atoms with Crippen molar-refractivity contribution in [1.29, 1.82) is 0 Å². The first-order valence-corrected chi connectivity index (χ1v) is 6.62. The molecule has 2 aromatic rings. The highest BCUT2D eigenvalue weighted by atomic mass is 16.5. The first-order chi connectivity index (χ1) is 10.5. The van der Waals surface area contributed by atoms with Gasteiger partial charge in [-0.05, 0) is 31.5 Å². The van der Waals surface area contributed by atoms with Crippen molar-refractivity contribution in [2.45, 2.75) is 20.0 Å². The summed E-state index contributed by atoms with van der Waals surface area (Å²) in [4.78, 5) is 31.5. The molecule has 0 radical (unpaired) electrons. The normalized spacial score (nSPS) is 11.5. The van der Waals surface area contributed by atoms with E-state index in [0.29, 0.717) is 5.69 Å². The topological polar surface area (TPSA) is 107 Å². The van der Waals surface area contributed by atoms with Crippen molar-refractivity contribution < 1.29 is 14.3 Å². The van der Waals surface area contributed by atoms with Crippen LogP contribution in [0.2, 0.25) is 0 Å². The summed E-state index contributed by atoms with van der Waals surface area (Å²) in [5.74, 6) is -1.28. The molecule has 114 valence electrons. The van der Waals surface area contributed by atoms with Gasteiger partial charge < -0.3 is 15.8 Å². The van der Waals surface area contributed by atoms with Gasteiger partial charge in [-0.2, -0.15) is 0 Å². The Labute approximate surface area is 127 Å². The fraction of sp³-hybridized carbons (Fsp3) is 0.200. The summed E-state index contributed by atoms with van der Waals surface area (Å²) >= 11 is 0. The van der Waals surface area contributed by atoms with Gasteiger partial charge in [0.05, 0.1) is 0 Å². The molecule has 1 aromatic carbocycles. The average Bonchev–Trinajstić information content (AvgIpc) is 2.47. The second-order valence-corrected chi connectivity index (χ2v) is 4.70. The molecule has 0 fully saturated rings. The molecule has 1 atom stereocenters. The van der Waals surface area contributed by atoms with Gasteiger partial charge in [-0.3, -0.25) is 4.79 Å². The number of esters is 1. The van der Waals surface area contributed by atoms with Crippen LogP contribution in [0.5, 0.6) is 0 Å². The smallest absolute Gasteiger partial charge is 0.361 e. The summed E-state index contributed by atoms with van der Waals surface area (Å²) in [5, 5.41) is 2.67. The summed E-state index contributed by atoms with van der Waals surface area (Å²) in [6.45, 7) is 3.38. The third-order valence-corrected chi connectivity index (χ3v) is 2.86. The van der Waals surface area contributed by atoms with E-state index in [1.807, 2.05) is 25.1 Å². The number of aromatic nitrogens is 2. The highest BCUT2D eigenvalue weighted by Gasteiger charge is 2.21. The number of nitrogens with zero attached hydrogens (tertiary/aromatic N) is 2. The Kier molecular flexibility index (Phi) is 4.67. The monoisotopic (exact) mass is 300 g/mol. The number of amides is 1. The minimum absolute atomic E-state index is 0.0428. The molecule has 0 saturated heterocycles. The van der Waals surface area contributed by atoms with Gasteiger partial charge in [-0.25, -0.2) is 14.8 Å². The SMILES string of the molecule is Cc1cccc(NC(=O)C(C)OC(=O)c2nccnc2N)c1. The van der Waals surface area contributed by atoms with Gasteiger partial charge >= 0.3 is 5.97 Å². The molecule has 0 aliphatic heterocycles. The van der Waals surface area contributed by atoms with Gasteiger partial charge in [-0.15, -0.1) is 0 Å². The number of hydrogen-bond acceptors (Lipinski definition) is 6. The van der Waals surface area contributed by atoms with Crippen LogP contribution in [0.4, 0.5) is 11.5 Å². The Hall–Kier alpha value is -2.96. The third-order valence-electron chi connectivity index (χ3n) is 2.86. The predicted molar refractivity (Wildman–Crippen MR) is 81.1 cm³/mol.